The number of carbonyl (C=O) groups excluding carboxylic acids is 1. The van der Waals surface area contributed by atoms with Crippen molar-refractivity contribution in [3.63, 3.8) is 0 Å². The van der Waals surface area contributed by atoms with Crippen LogP contribution in [0.25, 0.3) is 0 Å². The Morgan fingerprint density at radius 1 is 1.36 bits per heavy atom. The van der Waals surface area contributed by atoms with E-state index in [1.165, 1.54) is 12.3 Å². The molecule has 126 valence electrons. The molecule has 2 heterocycles. The van der Waals surface area contributed by atoms with Gasteiger partial charge in [0.25, 0.3) is 0 Å². The molecule has 25 heavy (non-hydrogen) atoms. The number of aromatic nitrogens is 2. The van der Waals surface area contributed by atoms with Crippen LogP contribution in [0.2, 0.25) is 10.0 Å². The Labute approximate surface area is 152 Å². The molecule has 1 aromatic carbocycles. The number of nitrogens with zero attached hydrogens (tertiary/aromatic N) is 3. The van der Waals surface area contributed by atoms with Gasteiger partial charge >= 0.3 is 5.91 Å². The Kier molecular flexibility index (Phi) is 4.65. The third kappa shape index (κ3) is 3.60. The van der Waals surface area contributed by atoms with Crippen molar-refractivity contribution in [2.24, 2.45) is 0 Å². The number of anilines is 1. The molecule has 2 aromatic heterocycles. The number of nitriles is 1. The molecule has 9 heteroatoms. The predicted molar refractivity (Wildman–Crippen MR) is 90.6 cm³/mol. The third-order valence-electron chi connectivity index (χ3n) is 3.21. The molecule has 0 unspecified atom stereocenters. The first-order valence-corrected chi connectivity index (χ1v) is 7.70. The zero-order chi connectivity index (χ0) is 18.0. The van der Waals surface area contributed by atoms with E-state index in [1.54, 1.807) is 24.3 Å². The Balaban J connectivity index is 1.72. The fourth-order valence-corrected chi connectivity index (χ4v) is 2.33. The monoisotopic (exact) mass is 376 g/mol. The summed E-state index contributed by atoms with van der Waals surface area (Å²) < 4.78 is 11.9. The maximum Gasteiger partial charge on any atom is 0.313 e. The van der Waals surface area contributed by atoms with Crippen LogP contribution >= 0.6 is 23.2 Å². The Morgan fingerprint density at radius 3 is 2.88 bits per heavy atom. The first kappa shape index (κ1) is 16.9. The van der Waals surface area contributed by atoms with Crippen LogP contribution in [0.4, 0.5) is 5.82 Å². The Morgan fingerprint density at radius 2 is 2.16 bits per heavy atom. The molecule has 2 N–H and O–H groups in total. The highest BCUT2D eigenvalue weighted by Gasteiger charge is 2.17. The van der Waals surface area contributed by atoms with Crippen LogP contribution in [0.3, 0.4) is 0 Å². The minimum absolute atomic E-state index is 0.0263. The van der Waals surface area contributed by atoms with Crippen LogP contribution in [-0.2, 0) is 6.61 Å². The summed E-state index contributed by atoms with van der Waals surface area (Å²) >= 11 is 11.9. The zero-order valence-electron chi connectivity index (χ0n) is 12.6. The van der Waals surface area contributed by atoms with Crippen LogP contribution < -0.4 is 10.5 Å². The maximum absolute atomic E-state index is 12.3. The SMILES string of the molecule is N#Cc1cn(C(=O)c2ccc(COc3cc(Cl)ccc3Cl)o2)nc1N. The van der Waals surface area contributed by atoms with Gasteiger partial charge in [-0.3, -0.25) is 4.79 Å². The van der Waals surface area contributed by atoms with Crippen molar-refractivity contribution >= 4 is 34.9 Å². The summed E-state index contributed by atoms with van der Waals surface area (Å²) in [7, 11) is 0. The van der Waals surface area contributed by atoms with Crippen LogP contribution in [0.1, 0.15) is 21.9 Å². The highest BCUT2D eigenvalue weighted by molar-refractivity contribution is 6.34. The third-order valence-corrected chi connectivity index (χ3v) is 3.75. The smallest absolute Gasteiger partial charge is 0.313 e. The van der Waals surface area contributed by atoms with Gasteiger partial charge in [0.1, 0.15) is 29.7 Å². The summed E-state index contributed by atoms with van der Waals surface area (Å²) in [6, 6.07) is 9.74. The number of hydrogen-bond acceptors (Lipinski definition) is 6. The molecule has 0 bridgehead atoms. The molecule has 0 spiro atoms. The highest BCUT2D eigenvalue weighted by Crippen LogP contribution is 2.28. The van der Waals surface area contributed by atoms with E-state index in [1.807, 2.05) is 6.07 Å². The van der Waals surface area contributed by atoms with Crippen molar-refractivity contribution in [1.29, 1.82) is 5.26 Å². The molecule has 3 rings (SSSR count). The summed E-state index contributed by atoms with van der Waals surface area (Å²) in [5.74, 6) is 0.251. The highest BCUT2D eigenvalue weighted by atomic mass is 35.5. The van der Waals surface area contributed by atoms with E-state index in [2.05, 4.69) is 5.10 Å². The molecule has 0 saturated heterocycles. The van der Waals surface area contributed by atoms with Crippen LogP contribution in [0, 0.1) is 11.3 Å². The topological polar surface area (TPSA) is 107 Å². The molecule has 0 amide bonds. The van der Waals surface area contributed by atoms with Crippen molar-refractivity contribution in [1.82, 2.24) is 9.78 Å². The van der Waals surface area contributed by atoms with Crippen molar-refractivity contribution < 1.29 is 13.9 Å². The fraction of sp³-hybridized carbons (Fsp3) is 0.0625. The van der Waals surface area contributed by atoms with E-state index < -0.39 is 5.91 Å². The summed E-state index contributed by atoms with van der Waals surface area (Å²) in [5, 5.41) is 13.5. The standard InChI is InChI=1S/C16H10Cl2N4O3/c17-10-1-3-12(18)14(5-10)24-8-11-2-4-13(25-11)16(23)22-7-9(6-19)15(20)21-22/h1-5,7H,8H2,(H2,20,21). The molecule has 3 aromatic rings. The van der Waals surface area contributed by atoms with Crippen molar-refractivity contribution in [3.8, 4) is 11.8 Å². The predicted octanol–water partition coefficient (Wildman–Crippen LogP) is 3.50. The lowest BCUT2D eigenvalue weighted by atomic mass is 10.3. The number of nitrogen functional groups attached to an aromatic ring is 1. The molecule has 0 radical (unpaired) electrons. The quantitative estimate of drug-likeness (QED) is 0.746. The second-order valence-corrected chi connectivity index (χ2v) is 5.76. The number of nitrogens with two attached hydrogens (primary N) is 1. The largest absolute Gasteiger partial charge is 0.484 e. The first-order valence-electron chi connectivity index (χ1n) is 6.94. The maximum atomic E-state index is 12.3. The van der Waals surface area contributed by atoms with Crippen molar-refractivity contribution in [2.45, 2.75) is 6.61 Å². The summed E-state index contributed by atoms with van der Waals surface area (Å²) in [6.45, 7) is 0.0536. The average Bonchev–Trinajstić information content (AvgIpc) is 3.21. The molecule has 7 nitrogen and oxygen atoms in total. The molecular formula is C16H10Cl2N4O3. The van der Waals surface area contributed by atoms with Crippen LogP contribution in [-0.4, -0.2) is 15.7 Å². The summed E-state index contributed by atoms with van der Waals surface area (Å²) in [4.78, 5) is 12.3. The number of ether oxygens (including phenoxy) is 1. The number of halogens is 2. The number of hydrogen-bond donors (Lipinski definition) is 1. The van der Waals surface area contributed by atoms with Gasteiger partial charge in [-0.2, -0.15) is 9.94 Å². The average molecular weight is 377 g/mol. The van der Waals surface area contributed by atoms with Gasteiger partial charge in [0, 0.05) is 11.1 Å². The van der Waals surface area contributed by atoms with Gasteiger partial charge in [0.05, 0.1) is 11.2 Å². The fourth-order valence-electron chi connectivity index (χ4n) is 2.00. The second kappa shape index (κ2) is 6.89. The molecule has 0 aliphatic heterocycles. The first-order chi connectivity index (χ1) is 12.0. The van der Waals surface area contributed by atoms with Crippen LogP contribution in [0.5, 0.6) is 5.75 Å². The Hall–Kier alpha value is -2.95. The lowest BCUT2D eigenvalue weighted by Gasteiger charge is -2.06. The van der Waals surface area contributed by atoms with Gasteiger partial charge < -0.3 is 14.9 Å². The zero-order valence-corrected chi connectivity index (χ0v) is 14.1. The van der Waals surface area contributed by atoms with E-state index in [-0.39, 0.29) is 23.7 Å². The summed E-state index contributed by atoms with van der Waals surface area (Å²) in [5.41, 5.74) is 5.64. The van der Waals surface area contributed by atoms with E-state index in [0.29, 0.717) is 21.6 Å². The van der Waals surface area contributed by atoms with Crippen molar-refractivity contribution in [2.75, 3.05) is 5.73 Å². The van der Waals surface area contributed by atoms with Gasteiger partial charge in [0.2, 0.25) is 0 Å². The van der Waals surface area contributed by atoms with Crippen LogP contribution in [0.15, 0.2) is 40.9 Å². The molecule has 0 aliphatic rings. The lowest BCUT2D eigenvalue weighted by Crippen LogP contribution is -2.12. The van der Waals surface area contributed by atoms with Crippen molar-refractivity contribution in [3.05, 3.63) is 63.7 Å². The normalized spacial score (nSPS) is 10.4. The van der Waals surface area contributed by atoms with Gasteiger partial charge in [0.15, 0.2) is 11.6 Å². The van der Waals surface area contributed by atoms with E-state index in [0.717, 1.165) is 4.68 Å². The molecule has 0 aliphatic carbocycles. The minimum atomic E-state index is -0.555. The van der Waals surface area contributed by atoms with E-state index >= 15 is 0 Å². The Bertz CT molecular complexity index is 988. The molecule has 0 atom stereocenters. The minimum Gasteiger partial charge on any atom is -0.484 e. The van der Waals surface area contributed by atoms with Gasteiger partial charge in [-0.1, -0.05) is 23.2 Å². The van der Waals surface area contributed by atoms with Gasteiger partial charge in [-0.15, -0.1) is 5.10 Å². The number of benzene rings is 1. The number of carbonyl (C=O) groups is 1. The van der Waals surface area contributed by atoms with E-state index in [9.17, 15) is 4.79 Å². The van der Waals surface area contributed by atoms with E-state index in [4.69, 9.17) is 43.4 Å². The molecular weight excluding hydrogens is 367 g/mol. The molecule has 0 saturated carbocycles. The van der Waals surface area contributed by atoms with Gasteiger partial charge in [-0.25, -0.2) is 0 Å². The molecule has 0 fully saturated rings. The van der Waals surface area contributed by atoms with Gasteiger partial charge in [-0.05, 0) is 24.3 Å². The number of furan rings is 1. The summed E-state index contributed by atoms with van der Waals surface area (Å²) in [6.07, 6.45) is 1.24. The lowest BCUT2D eigenvalue weighted by molar-refractivity contribution is 0.0913. The second-order valence-electron chi connectivity index (χ2n) is 4.92. The number of rotatable bonds is 4.